The highest BCUT2D eigenvalue weighted by Crippen LogP contribution is 2.43. The second-order valence-corrected chi connectivity index (χ2v) is 7.11. The SMILES string of the molecule is FC(F)(F)COc1ccc2c(c1)nc(C(F)(F)F)n2SC(F)(Cl)Cl. The van der Waals surface area contributed by atoms with Crippen molar-refractivity contribution in [2.24, 2.45) is 0 Å². The first-order valence-corrected chi connectivity index (χ1v) is 7.35. The number of halogens is 9. The Labute approximate surface area is 143 Å². The zero-order valence-corrected chi connectivity index (χ0v) is 13.4. The van der Waals surface area contributed by atoms with Gasteiger partial charge in [0.15, 0.2) is 6.61 Å². The number of ether oxygens (including phenoxy) is 1. The van der Waals surface area contributed by atoms with Crippen molar-refractivity contribution in [1.29, 1.82) is 0 Å². The largest absolute Gasteiger partial charge is 0.484 e. The standard InChI is InChI=1S/C11H5Cl2F7N2OS/c12-11(13,20)24-22-7-2-1-5(23-4-9(14,15)16)3-6(7)21-8(22)10(17,18)19/h1-3H,4H2. The van der Waals surface area contributed by atoms with Crippen molar-refractivity contribution in [3.05, 3.63) is 24.0 Å². The van der Waals surface area contributed by atoms with Crippen LogP contribution >= 0.6 is 35.1 Å². The van der Waals surface area contributed by atoms with E-state index < -0.39 is 28.7 Å². The van der Waals surface area contributed by atoms with Gasteiger partial charge in [-0.2, -0.15) is 30.7 Å². The molecule has 3 nitrogen and oxygen atoms in total. The third-order valence-corrected chi connectivity index (χ3v) is 3.61. The van der Waals surface area contributed by atoms with Gasteiger partial charge in [-0.1, -0.05) is 23.2 Å². The summed E-state index contributed by atoms with van der Waals surface area (Å²) < 4.78 is 90.2. The summed E-state index contributed by atoms with van der Waals surface area (Å²) in [4.78, 5) is 3.25. The zero-order valence-electron chi connectivity index (χ0n) is 11.1. The van der Waals surface area contributed by atoms with E-state index in [9.17, 15) is 30.7 Å². The first kappa shape index (κ1) is 19.3. The van der Waals surface area contributed by atoms with Crippen LogP contribution in [0.5, 0.6) is 5.75 Å². The van der Waals surface area contributed by atoms with Gasteiger partial charge in [0.05, 0.1) is 11.0 Å². The Bertz CT molecular complexity index is 739. The average molecular weight is 417 g/mol. The number of fused-ring (bicyclic) bond motifs is 1. The van der Waals surface area contributed by atoms with Crippen LogP contribution in [0.15, 0.2) is 18.2 Å². The minimum atomic E-state index is -4.97. The highest BCUT2D eigenvalue weighted by Gasteiger charge is 2.40. The lowest BCUT2D eigenvalue weighted by atomic mass is 10.3. The molecule has 134 valence electrons. The summed E-state index contributed by atoms with van der Waals surface area (Å²) >= 11 is 9.94. The minimum Gasteiger partial charge on any atom is -0.484 e. The molecule has 1 heterocycles. The molecule has 0 atom stereocenters. The van der Waals surface area contributed by atoms with Crippen LogP contribution in [0.4, 0.5) is 30.7 Å². The van der Waals surface area contributed by atoms with Crippen LogP contribution in [0.3, 0.4) is 0 Å². The molecule has 0 fully saturated rings. The lowest BCUT2D eigenvalue weighted by Gasteiger charge is -2.14. The molecule has 0 aliphatic rings. The summed E-state index contributed by atoms with van der Waals surface area (Å²) in [7, 11) is 0. The third kappa shape index (κ3) is 4.96. The molecule has 1 aromatic carbocycles. The maximum absolute atomic E-state index is 13.3. The quantitative estimate of drug-likeness (QED) is 0.482. The highest BCUT2D eigenvalue weighted by molar-refractivity contribution is 8.01. The first-order chi connectivity index (χ1) is 10.8. The summed E-state index contributed by atoms with van der Waals surface area (Å²) in [6.45, 7) is -1.63. The maximum atomic E-state index is 13.3. The predicted molar refractivity (Wildman–Crippen MR) is 74.8 cm³/mol. The predicted octanol–water partition coefficient (Wildman–Crippen LogP) is 5.55. The smallest absolute Gasteiger partial charge is 0.450 e. The molecule has 2 rings (SSSR count). The molecular weight excluding hydrogens is 412 g/mol. The zero-order chi connectivity index (χ0) is 18.3. The molecule has 0 saturated heterocycles. The minimum absolute atomic E-state index is 0.209. The van der Waals surface area contributed by atoms with Crippen LogP contribution in [-0.4, -0.2) is 25.7 Å². The Morgan fingerprint density at radius 3 is 2.21 bits per heavy atom. The molecule has 0 unspecified atom stereocenters. The number of hydrogen-bond donors (Lipinski definition) is 0. The summed E-state index contributed by atoms with van der Waals surface area (Å²) in [5, 5.41) is 0. The van der Waals surface area contributed by atoms with Gasteiger partial charge in [-0.25, -0.2) is 4.98 Å². The van der Waals surface area contributed by atoms with Crippen molar-refractivity contribution in [2.75, 3.05) is 6.61 Å². The Morgan fingerprint density at radius 2 is 1.71 bits per heavy atom. The van der Waals surface area contributed by atoms with E-state index in [4.69, 9.17) is 23.2 Å². The van der Waals surface area contributed by atoms with Gasteiger partial charge in [0, 0.05) is 18.0 Å². The second-order valence-electron chi connectivity index (χ2n) is 4.32. The molecule has 0 bridgehead atoms. The first-order valence-electron chi connectivity index (χ1n) is 5.82. The maximum Gasteiger partial charge on any atom is 0.450 e. The number of aromatic nitrogens is 2. The fraction of sp³-hybridized carbons (Fsp3) is 0.364. The van der Waals surface area contributed by atoms with E-state index in [2.05, 4.69) is 9.72 Å². The van der Waals surface area contributed by atoms with Crippen molar-refractivity contribution < 1.29 is 35.5 Å². The van der Waals surface area contributed by atoms with E-state index in [1.807, 2.05) is 0 Å². The Kier molecular flexibility index (Phi) is 5.09. The van der Waals surface area contributed by atoms with E-state index >= 15 is 0 Å². The van der Waals surface area contributed by atoms with Crippen molar-refractivity contribution >= 4 is 46.2 Å². The number of alkyl halides is 9. The second kappa shape index (κ2) is 6.34. The Hall–Kier alpha value is -1.07. The van der Waals surface area contributed by atoms with E-state index in [0.717, 1.165) is 18.2 Å². The van der Waals surface area contributed by atoms with Gasteiger partial charge in [-0.05, 0) is 12.1 Å². The molecule has 13 heteroatoms. The number of imidazole rings is 1. The van der Waals surface area contributed by atoms with E-state index in [0.29, 0.717) is 3.97 Å². The lowest BCUT2D eigenvalue weighted by Crippen LogP contribution is -2.19. The average Bonchev–Trinajstić information content (AvgIpc) is 2.72. The van der Waals surface area contributed by atoms with E-state index in [1.54, 1.807) is 0 Å². The molecule has 0 aliphatic carbocycles. The molecule has 0 aliphatic heterocycles. The monoisotopic (exact) mass is 416 g/mol. The van der Waals surface area contributed by atoms with Crippen LogP contribution in [-0.2, 0) is 6.18 Å². The summed E-state index contributed by atoms with van der Waals surface area (Å²) in [6, 6.07) is 2.82. The van der Waals surface area contributed by atoms with Gasteiger partial charge in [0.2, 0.25) is 5.82 Å². The van der Waals surface area contributed by atoms with Gasteiger partial charge in [-0.3, -0.25) is 3.97 Å². The van der Waals surface area contributed by atoms with Gasteiger partial charge in [-0.15, -0.1) is 0 Å². The number of nitrogens with zero attached hydrogens (tertiary/aromatic N) is 2. The van der Waals surface area contributed by atoms with Crippen molar-refractivity contribution in [1.82, 2.24) is 8.96 Å². The van der Waals surface area contributed by atoms with Gasteiger partial charge < -0.3 is 4.74 Å². The molecule has 0 saturated carbocycles. The summed E-state index contributed by atoms with van der Waals surface area (Å²) in [6.07, 6.45) is -9.59. The van der Waals surface area contributed by atoms with Crippen LogP contribution in [0.1, 0.15) is 5.82 Å². The van der Waals surface area contributed by atoms with Crippen LogP contribution in [0, 0.1) is 0 Å². The third-order valence-electron chi connectivity index (χ3n) is 2.44. The summed E-state index contributed by atoms with van der Waals surface area (Å²) in [5.74, 6) is -1.88. The number of benzene rings is 1. The van der Waals surface area contributed by atoms with E-state index in [-0.39, 0.29) is 28.7 Å². The van der Waals surface area contributed by atoms with Gasteiger partial charge in [0.25, 0.3) is 0 Å². The Morgan fingerprint density at radius 1 is 1.08 bits per heavy atom. The van der Waals surface area contributed by atoms with Crippen molar-refractivity contribution in [2.45, 2.75) is 16.3 Å². The van der Waals surface area contributed by atoms with Crippen LogP contribution < -0.4 is 4.74 Å². The van der Waals surface area contributed by atoms with Gasteiger partial charge >= 0.3 is 16.3 Å². The van der Waals surface area contributed by atoms with Crippen molar-refractivity contribution in [3.8, 4) is 5.75 Å². The normalized spacial score (nSPS) is 13.5. The van der Waals surface area contributed by atoms with Crippen LogP contribution in [0.25, 0.3) is 11.0 Å². The van der Waals surface area contributed by atoms with E-state index in [1.165, 1.54) is 0 Å². The molecule has 0 radical (unpaired) electrons. The highest BCUT2D eigenvalue weighted by atomic mass is 35.5. The molecule has 2 aromatic rings. The fourth-order valence-corrected chi connectivity index (χ4v) is 2.77. The molecule has 0 spiro atoms. The molecule has 0 N–H and O–H groups in total. The number of rotatable bonds is 4. The Balaban J connectivity index is 2.47. The molecule has 24 heavy (non-hydrogen) atoms. The molecule has 1 aromatic heterocycles. The van der Waals surface area contributed by atoms with Crippen LogP contribution in [0.2, 0.25) is 0 Å². The number of hydrogen-bond acceptors (Lipinski definition) is 3. The molecule has 0 amide bonds. The topological polar surface area (TPSA) is 27.1 Å². The fourth-order valence-electron chi connectivity index (χ4n) is 1.67. The summed E-state index contributed by atoms with van der Waals surface area (Å²) in [5.41, 5.74) is -0.623. The van der Waals surface area contributed by atoms with Gasteiger partial charge in [0.1, 0.15) is 5.75 Å². The van der Waals surface area contributed by atoms with Crippen molar-refractivity contribution in [3.63, 3.8) is 0 Å². The molecular formula is C11H5Cl2F7N2OS. The lowest BCUT2D eigenvalue weighted by molar-refractivity contribution is -0.153.